The van der Waals surface area contributed by atoms with Crippen molar-refractivity contribution in [3.63, 3.8) is 0 Å². The van der Waals surface area contributed by atoms with Gasteiger partial charge in [0.05, 0.1) is 0 Å². The van der Waals surface area contributed by atoms with E-state index in [1.807, 2.05) is 0 Å². The van der Waals surface area contributed by atoms with Gasteiger partial charge < -0.3 is 5.32 Å². The van der Waals surface area contributed by atoms with E-state index in [1.54, 1.807) is 0 Å². The van der Waals surface area contributed by atoms with Gasteiger partial charge in [-0.15, -0.1) is 10.2 Å². The molecule has 0 radical (unpaired) electrons. The maximum atomic E-state index is 13.1. The molecule has 0 bridgehead atoms. The minimum absolute atomic E-state index is 0.00819. The molecular formula is C14H13F2N3OS2. The number of anilines is 1. The third kappa shape index (κ3) is 3.80. The van der Waals surface area contributed by atoms with Gasteiger partial charge in [-0.2, -0.15) is 0 Å². The number of rotatable bonds is 5. The lowest BCUT2D eigenvalue weighted by molar-refractivity contribution is -0.122. The number of benzene rings is 1. The zero-order valence-electron chi connectivity index (χ0n) is 11.5. The zero-order valence-corrected chi connectivity index (χ0v) is 13.1. The topological polar surface area (TPSA) is 54.9 Å². The Morgan fingerprint density at radius 3 is 2.64 bits per heavy atom. The van der Waals surface area contributed by atoms with Gasteiger partial charge in [-0.1, -0.05) is 29.5 Å². The van der Waals surface area contributed by atoms with Crippen LogP contribution in [0.4, 0.5) is 13.9 Å². The fourth-order valence-electron chi connectivity index (χ4n) is 2.04. The molecule has 0 saturated heterocycles. The third-order valence-electron chi connectivity index (χ3n) is 3.40. The summed E-state index contributed by atoms with van der Waals surface area (Å²) in [5, 5.41) is 11.1. The van der Waals surface area contributed by atoms with Gasteiger partial charge in [0.2, 0.25) is 11.0 Å². The first-order valence-corrected chi connectivity index (χ1v) is 8.62. The van der Waals surface area contributed by atoms with E-state index in [0.29, 0.717) is 20.8 Å². The summed E-state index contributed by atoms with van der Waals surface area (Å²) < 4.78 is 26.8. The van der Waals surface area contributed by atoms with E-state index in [-0.39, 0.29) is 11.8 Å². The number of hydrogen-bond acceptors (Lipinski definition) is 5. The quantitative estimate of drug-likeness (QED) is 0.663. The summed E-state index contributed by atoms with van der Waals surface area (Å²) in [6.45, 7) is 0. The smallest absolute Gasteiger partial charge is 0.229 e. The van der Waals surface area contributed by atoms with Gasteiger partial charge in [-0.25, -0.2) is 8.78 Å². The largest absolute Gasteiger partial charge is 0.300 e. The van der Waals surface area contributed by atoms with Gasteiger partial charge in [0.25, 0.3) is 0 Å². The van der Waals surface area contributed by atoms with Gasteiger partial charge in [0.15, 0.2) is 4.34 Å². The fourth-order valence-corrected chi connectivity index (χ4v) is 3.72. The van der Waals surface area contributed by atoms with Crippen LogP contribution < -0.4 is 5.32 Å². The van der Waals surface area contributed by atoms with Gasteiger partial charge in [0, 0.05) is 17.7 Å². The van der Waals surface area contributed by atoms with E-state index in [4.69, 9.17) is 0 Å². The first-order valence-electron chi connectivity index (χ1n) is 6.82. The average molecular weight is 341 g/mol. The Balaban J connectivity index is 1.56. The predicted octanol–water partition coefficient (Wildman–Crippen LogP) is 3.85. The predicted molar refractivity (Wildman–Crippen MR) is 81.8 cm³/mol. The molecule has 1 aromatic carbocycles. The Morgan fingerprint density at radius 2 is 2.00 bits per heavy atom. The van der Waals surface area contributed by atoms with Crippen LogP contribution in [0.2, 0.25) is 0 Å². The number of halogens is 2. The van der Waals surface area contributed by atoms with Crippen molar-refractivity contribution in [2.45, 2.75) is 29.4 Å². The van der Waals surface area contributed by atoms with E-state index >= 15 is 0 Å². The number of nitrogens with one attached hydrogen (secondary N) is 1. The molecule has 4 nitrogen and oxygen atoms in total. The van der Waals surface area contributed by atoms with Gasteiger partial charge in [-0.3, -0.25) is 4.79 Å². The number of carbonyl (C=O) groups excluding carboxylic acids is 1. The lowest BCUT2D eigenvalue weighted by Gasteiger charge is -2.23. The first-order chi connectivity index (χ1) is 10.6. The molecule has 1 N–H and O–H groups in total. The summed E-state index contributed by atoms with van der Waals surface area (Å²) in [6.07, 6.45) is 2.95. The monoisotopic (exact) mass is 341 g/mol. The van der Waals surface area contributed by atoms with Crippen molar-refractivity contribution in [3.05, 3.63) is 35.4 Å². The minimum atomic E-state index is -0.596. The lowest BCUT2D eigenvalue weighted by atomic mass is 9.85. The van der Waals surface area contributed by atoms with Crippen LogP contribution in [0, 0.1) is 17.6 Å². The number of thioether (sulfide) groups is 1. The summed E-state index contributed by atoms with van der Waals surface area (Å²) in [6, 6.07) is 3.42. The Kier molecular flexibility index (Phi) is 4.68. The minimum Gasteiger partial charge on any atom is -0.300 e. The van der Waals surface area contributed by atoms with Crippen molar-refractivity contribution in [3.8, 4) is 0 Å². The van der Waals surface area contributed by atoms with Crippen LogP contribution in [-0.2, 0) is 10.5 Å². The molecule has 1 saturated carbocycles. The molecule has 1 amide bonds. The molecule has 3 rings (SSSR count). The number of amides is 1. The van der Waals surface area contributed by atoms with Crippen LogP contribution in [0.25, 0.3) is 0 Å². The van der Waals surface area contributed by atoms with Crippen LogP contribution in [0.15, 0.2) is 22.5 Å². The Bertz CT molecular complexity index is 668. The van der Waals surface area contributed by atoms with Crippen LogP contribution in [0.3, 0.4) is 0 Å². The molecule has 1 aliphatic rings. The summed E-state index contributed by atoms with van der Waals surface area (Å²) >= 11 is 2.59. The molecule has 22 heavy (non-hydrogen) atoms. The third-order valence-corrected chi connectivity index (χ3v) is 5.44. The average Bonchev–Trinajstić information content (AvgIpc) is 2.80. The van der Waals surface area contributed by atoms with Gasteiger partial charge >= 0.3 is 0 Å². The maximum Gasteiger partial charge on any atom is 0.229 e. The molecular weight excluding hydrogens is 328 g/mol. The SMILES string of the molecule is O=C(Nc1nnc(SCc2cc(F)cc(F)c2)s1)C1CCC1. The molecule has 1 aromatic heterocycles. The highest BCUT2D eigenvalue weighted by Gasteiger charge is 2.25. The highest BCUT2D eigenvalue weighted by Crippen LogP contribution is 2.31. The molecule has 0 aliphatic heterocycles. The molecule has 0 spiro atoms. The standard InChI is InChI=1S/C14H13F2N3OS2/c15-10-4-8(5-11(16)6-10)7-21-14-19-18-13(22-14)17-12(20)9-2-1-3-9/h4-6,9H,1-3,7H2,(H,17,18,20). The van der Waals surface area contributed by atoms with Crippen LogP contribution >= 0.6 is 23.1 Å². The van der Waals surface area contributed by atoms with E-state index in [2.05, 4.69) is 15.5 Å². The van der Waals surface area contributed by atoms with Crippen molar-refractivity contribution in [2.24, 2.45) is 5.92 Å². The zero-order chi connectivity index (χ0) is 15.5. The molecule has 8 heteroatoms. The summed E-state index contributed by atoms with van der Waals surface area (Å²) in [7, 11) is 0. The normalized spacial score (nSPS) is 14.6. The highest BCUT2D eigenvalue weighted by molar-refractivity contribution is 8.00. The van der Waals surface area contributed by atoms with Crippen molar-refractivity contribution < 1.29 is 13.6 Å². The van der Waals surface area contributed by atoms with Crippen molar-refractivity contribution in [1.82, 2.24) is 10.2 Å². The first kappa shape index (κ1) is 15.4. The number of hydrogen-bond donors (Lipinski definition) is 1. The summed E-state index contributed by atoms with van der Waals surface area (Å²) in [5.74, 6) is -0.719. The second-order valence-corrected chi connectivity index (χ2v) is 7.26. The van der Waals surface area contributed by atoms with E-state index in [1.165, 1.54) is 35.2 Å². The molecule has 0 unspecified atom stereocenters. The number of nitrogens with zero attached hydrogens (tertiary/aromatic N) is 2. The number of carbonyl (C=O) groups is 1. The number of aromatic nitrogens is 2. The van der Waals surface area contributed by atoms with E-state index < -0.39 is 11.6 Å². The van der Waals surface area contributed by atoms with Gasteiger partial charge in [0.1, 0.15) is 11.6 Å². The molecule has 1 heterocycles. The Labute approximate surface area is 134 Å². The van der Waals surface area contributed by atoms with Crippen molar-refractivity contribution in [1.29, 1.82) is 0 Å². The van der Waals surface area contributed by atoms with Crippen LogP contribution in [0.1, 0.15) is 24.8 Å². The second-order valence-electron chi connectivity index (χ2n) is 5.06. The van der Waals surface area contributed by atoms with E-state index in [9.17, 15) is 13.6 Å². The maximum absolute atomic E-state index is 13.1. The van der Waals surface area contributed by atoms with Crippen LogP contribution in [0.5, 0.6) is 0 Å². The second kappa shape index (κ2) is 6.70. The lowest BCUT2D eigenvalue weighted by Crippen LogP contribution is -2.27. The summed E-state index contributed by atoms with van der Waals surface area (Å²) in [5.41, 5.74) is 0.540. The van der Waals surface area contributed by atoms with Crippen LogP contribution in [-0.4, -0.2) is 16.1 Å². The summed E-state index contributed by atoms with van der Waals surface area (Å²) in [4.78, 5) is 11.8. The van der Waals surface area contributed by atoms with E-state index in [0.717, 1.165) is 25.3 Å². The molecule has 1 aliphatic carbocycles. The van der Waals surface area contributed by atoms with Crippen molar-refractivity contribution in [2.75, 3.05) is 5.32 Å². The molecule has 1 fully saturated rings. The Hall–Kier alpha value is -1.54. The molecule has 0 atom stereocenters. The van der Waals surface area contributed by atoms with Gasteiger partial charge in [-0.05, 0) is 30.5 Å². The molecule has 2 aromatic rings. The fraction of sp³-hybridized carbons (Fsp3) is 0.357. The molecule has 116 valence electrons. The van der Waals surface area contributed by atoms with Crippen molar-refractivity contribution >= 4 is 34.1 Å². The highest BCUT2D eigenvalue weighted by atomic mass is 32.2. The Morgan fingerprint density at radius 1 is 1.27 bits per heavy atom.